The largest absolute Gasteiger partial charge is 0.379 e. The highest BCUT2D eigenvalue weighted by atomic mass is 16.5. The molecule has 8 atom stereocenters. The maximum Gasteiger partial charge on any atom is 0.312 e. The van der Waals surface area contributed by atoms with Gasteiger partial charge in [0.15, 0.2) is 0 Å². The van der Waals surface area contributed by atoms with Crippen LogP contribution in [-0.2, 0) is 51.2 Å². The quantitative estimate of drug-likeness (QED) is 0.0506. The Bertz CT molecular complexity index is 1780. The van der Waals surface area contributed by atoms with Crippen molar-refractivity contribution in [3.63, 3.8) is 0 Å². The summed E-state index contributed by atoms with van der Waals surface area (Å²) in [5.41, 5.74) is 7.30. The highest BCUT2D eigenvalue weighted by Gasteiger charge is 2.42. The first kappa shape index (κ1) is 51.8. The summed E-state index contributed by atoms with van der Waals surface area (Å²) in [5.74, 6) is -2.30. The van der Waals surface area contributed by atoms with E-state index in [9.17, 15) is 33.6 Å². The van der Waals surface area contributed by atoms with Crippen LogP contribution in [0.2, 0.25) is 0 Å². The number of urea groups is 1. The second kappa shape index (κ2) is 26.8. The van der Waals surface area contributed by atoms with E-state index in [1.807, 2.05) is 44.2 Å². The molecule has 63 heavy (non-hydrogen) atoms. The van der Waals surface area contributed by atoms with E-state index in [0.29, 0.717) is 50.9 Å². The molecule has 8 amide bonds. The molecule has 2 aromatic rings. The van der Waals surface area contributed by atoms with Crippen molar-refractivity contribution >= 4 is 47.7 Å². The molecule has 18 heteroatoms. The first-order valence-electron chi connectivity index (χ1n) is 21.7. The Labute approximate surface area is 371 Å². The summed E-state index contributed by atoms with van der Waals surface area (Å²) < 4.78 is 11.8. The molecule has 348 valence electrons. The number of nitrogens with zero attached hydrogens (tertiary/aromatic N) is 2. The summed E-state index contributed by atoms with van der Waals surface area (Å²) in [5, 5.41) is 16.7. The van der Waals surface area contributed by atoms with Crippen LogP contribution in [0.3, 0.4) is 0 Å². The fourth-order valence-electron chi connectivity index (χ4n) is 8.11. The van der Waals surface area contributed by atoms with E-state index >= 15 is 0 Å². The number of nitrogens with one attached hydrogen (secondary N) is 6. The van der Waals surface area contributed by atoms with Crippen molar-refractivity contribution in [2.45, 2.75) is 109 Å². The number of hydrogen-bond acceptors (Lipinski definition) is 10. The molecular formula is C45H69N9O9. The van der Waals surface area contributed by atoms with Crippen LogP contribution in [0.15, 0.2) is 54.6 Å². The number of hydrogen-bond donors (Lipinski definition) is 7. The minimum absolute atomic E-state index is 0.00979. The van der Waals surface area contributed by atoms with Crippen LogP contribution in [0.1, 0.15) is 70.4 Å². The summed E-state index contributed by atoms with van der Waals surface area (Å²) >= 11 is 0. The van der Waals surface area contributed by atoms with E-state index in [1.54, 1.807) is 50.2 Å². The van der Waals surface area contributed by atoms with Crippen molar-refractivity contribution in [3.8, 4) is 0 Å². The van der Waals surface area contributed by atoms with Crippen LogP contribution >= 0.6 is 0 Å². The third-order valence-corrected chi connectivity index (χ3v) is 11.9. The minimum Gasteiger partial charge on any atom is -0.379 e. The first-order chi connectivity index (χ1) is 30.2. The molecule has 0 spiro atoms. The van der Waals surface area contributed by atoms with E-state index in [0.717, 1.165) is 17.5 Å². The lowest BCUT2D eigenvalue weighted by atomic mass is 9.90. The topological polar surface area (TPSA) is 243 Å². The fourth-order valence-corrected chi connectivity index (χ4v) is 8.11. The van der Waals surface area contributed by atoms with Crippen LogP contribution in [0.25, 0.3) is 0 Å². The molecule has 2 aromatic carbocycles. The van der Waals surface area contributed by atoms with Gasteiger partial charge in [0.25, 0.3) is 0 Å². The van der Waals surface area contributed by atoms with Gasteiger partial charge in [-0.3, -0.25) is 28.8 Å². The number of amides is 8. The van der Waals surface area contributed by atoms with E-state index in [-0.39, 0.29) is 49.6 Å². The molecule has 0 aliphatic carbocycles. The molecule has 8 N–H and O–H groups in total. The summed E-state index contributed by atoms with van der Waals surface area (Å²) in [6, 6.07) is 13.5. The Kier molecular flexibility index (Phi) is 22.0. The molecule has 0 aromatic heterocycles. The van der Waals surface area contributed by atoms with Crippen LogP contribution in [0.5, 0.6) is 0 Å². The van der Waals surface area contributed by atoms with Gasteiger partial charge in [-0.1, -0.05) is 69.7 Å². The van der Waals surface area contributed by atoms with Crippen molar-refractivity contribution in [2.24, 2.45) is 17.6 Å². The second-order valence-electron chi connectivity index (χ2n) is 16.1. The predicted octanol–water partition coefficient (Wildman–Crippen LogP) is 1.67. The molecule has 1 aliphatic rings. The summed E-state index contributed by atoms with van der Waals surface area (Å²) in [6.07, 6.45) is 2.43. The number of rotatable bonds is 27. The van der Waals surface area contributed by atoms with Crippen LogP contribution < -0.4 is 37.6 Å². The third kappa shape index (κ3) is 15.9. The van der Waals surface area contributed by atoms with Gasteiger partial charge in [0.05, 0.1) is 49.2 Å². The number of benzene rings is 2. The maximum absolute atomic E-state index is 14.1. The monoisotopic (exact) mass is 880 g/mol. The summed E-state index contributed by atoms with van der Waals surface area (Å²) in [7, 11) is 6.36. The molecule has 0 bridgehead atoms. The lowest BCUT2D eigenvalue weighted by Gasteiger charge is -2.39. The Balaban J connectivity index is 1.69. The molecule has 1 fully saturated rings. The van der Waals surface area contributed by atoms with Gasteiger partial charge in [-0.05, 0) is 61.9 Å². The number of ether oxygens (including phenoxy) is 2. The standard InChI is InChI=1S/C45H69N9O9/c1-8-29(2)40(53(5)39(57)27-48-28-55)37(62-6)25-38(56)54-23-13-17-36(54)41(63-7)30(3)42(58)52-35(24-31-14-10-9-11-15-31)43(59)50-26-32-18-20-33(21-19-32)51-44(60)34(47-4)16-12-22-49-45(46)61/h9-11,14-15,18-21,28-30,34-37,40-41,47H,8,12-13,16-17,22-27H2,1-7H3,(H,48,55)(H,50,59)(H,51,60)(H,52,58)(H3,46,49,61). The number of likely N-dealkylation sites (N-methyl/N-ethyl adjacent to an activating group) is 2. The molecule has 1 heterocycles. The van der Waals surface area contributed by atoms with Gasteiger partial charge in [0, 0.05) is 53.0 Å². The number of methoxy groups -OCH3 is 2. The van der Waals surface area contributed by atoms with E-state index in [2.05, 4.69) is 31.9 Å². The van der Waals surface area contributed by atoms with Gasteiger partial charge in [-0.2, -0.15) is 0 Å². The molecule has 1 aliphatic heterocycles. The average molecular weight is 880 g/mol. The maximum atomic E-state index is 14.1. The molecule has 3 rings (SSSR count). The van der Waals surface area contributed by atoms with Crippen LogP contribution in [0.4, 0.5) is 10.5 Å². The Morgan fingerprint density at radius 2 is 1.62 bits per heavy atom. The zero-order valence-corrected chi connectivity index (χ0v) is 37.8. The summed E-state index contributed by atoms with van der Waals surface area (Å²) in [4.78, 5) is 92.8. The van der Waals surface area contributed by atoms with Crippen molar-refractivity contribution in [2.75, 3.05) is 53.3 Å². The molecule has 0 saturated carbocycles. The number of carbonyl (C=O) groups is 7. The van der Waals surface area contributed by atoms with Crippen molar-refractivity contribution < 1.29 is 43.0 Å². The normalized spacial score (nSPS) is 16.9. The number of anilines is 1. The smallest absolute Gasteiger partial charge is 0.312 e. The van der Waals surface area contributed by atoms with Crippen molar-refractivity contribution in [1.29, 1.82) is 0 Å². The van der Waals surface area contributed by atoms with Crippen LogP contribution in [0, 0.1) is 11.8 Å². The zero-order chi connectivity index (χ0) is 46.5. The molecule has 8 unspecified atom stereocenters. The van der Waals surface area contributed by atoms with Gasteiger partial charge in [0.1, 0.15) is 6.04 Å². The number of primary amides is 1. The highest BCUT2D eigenvalue weighted by molar-refractivity contribution is 5.95. The van der Waals surface area contributed by atoms with E-state index in [1.165, 1.54) is 19.1 Å². The van der Waals surface area contributed by atoms with Crippen molar-refractivity contribution in [1.82, 2.24) is 36.4 Å². The molecule has 18 nitrogen and oxygen atoms in total. The summed E-state index contributed by atoms with van der Waals surface area (Å²) in [6.45, 7) is 6.52. The zero-order valence-electron chi connectivity index (χ0n) is 37.8. The van der Waals surface area contributed by atoms with Gasteiger partial charge in [0.2, 0.25) is 35.9 Å². The highest BCUT2D eigenvalue weighted by Crippen LogP contribution is 2.29. The Hall–Kier alpha value is -5.59. The van der Waals surface area contributed by atoms with Gasteiger partial charge in [-0.25, -0.2) is 4.79 Å². The van der Waals surface area contributed by atoms with Crippen LogP contribution in [-0.4, -0.2) is 136 Å². The minimum atomic E-state index is -0.933. The fraction of sp³-hybridized carbons (Fsp3) is 0.578. The second-order valence-corrected chi connectivity index (χ2v) is 16.1. The van der Waals surface area contributed by atoms with Gasteiger partial charge >= 0.3 is 6.03 Å². The van der Waals surface area contributed by atoms with Gasteiger partial charge in [-0.15, -0.1) is 0 Å². The third-order valence-electron chi connectivity index (χ3n) is 11.9. The number of carbonyl (C=O) groups excluding carboxylic acids is 7. The molecule has 1 saturated heterocycles. The lowest BCUT2D eigenvalue weighted by molar-refractivity contribution is -0.146. The van der Waals surface area contributed by atoms with Crippen molar-refractivity contribution in [3.05, 3.63) is 65.7 Å². The Morgan fingerprint density at radius 3 is 2.22 bits per heavy atom. The predicted molar refractivity (Wildman–Crippen MR) is 239 cm³/mol. The Morgan fingerprint density at radius 1 is 0.921 bits per heavy atom. The number of likely N-dealkylation sites (tertiary alicyclic amines) is 1. The first-order valence-corrected chi connectivity index (χ1v) is 21.7. The lowest BCUT2D eigenvalue weighted by Crippen LogP contribution is -2.55. The van der Waals surface area contributed by atoms with E-state index in [4.69, 9.17) is 15.2 Å². The molecule has 0 radical (unpaired) electrons. The average Bonchev–Trinajstić information content (AvgIpc) is 3.77. The number of nitrogens with two attached hydrogens (primary N) is 1. The SMILES string of the molecule is CCC(C)C(C(CC(=O)N1CCCC1C(OC)C(C)C(=O)NC(Cc1ccccc1)C(=O)NCc1ccc(NC(=O)C(CCCNC(N)=O)NC)cc1)OC)N(C)C(=O)CNC=O. The van der Waals surface area contributed by atoms with E-state index < -0.39 is 60.1 Å². The van der Waals surface area contributed by atoms with Gasteiger partial charge < -0.3 is 56.9 Å². The molecular weight excluding hydrogens is 811 g/mol.